The number of Topliss-reactive ketones (excluding diaryl/α,β-unsaturated/α-hetero) is 2. The molecule has 0 amide bonds. The molecule has 0 radical (unpaired) electrons. The summed E-state index contributed by atoms with van der Waals surface area (Å²) < 4.78 is 0. The minimum absolute atomic E-state index is 0.00259. The molecule has 2 unspecified atom stereocenters. The van der Waals surface area contributed by atoms with Gasteiger partial charge in [0.15, 0.2) is 11.6 Å². The second-order valence-electron chi connectivity index (χ2n) is 19.7. The highest BCUT2D eigenvalue weighted by Gasteiger charge is 2.53. The van der Waals surface area contributed by atoms with Crippen molar-refractivity contribution in [2.45, 2.75) is 24.7 Å². The molecule has 0 N–H and O–H groups in total. The first-order chi connectivity index (χ1) is 37.2. The molecule has 0 spiro atoms. The fourth-order valence-corrected chi connectivity index (χ4v) is 11.8. The second kappa shape index (κ2) is 19.7. The highest BCUT2D eigenvalue weighted by atomic mass is 16.1. The first-order valence-electron chi connectivity index (χ1n) is 25.8. The van der Waals surface area contributed by atoms with Crippen molar-refractivity contribution in [2.75, 3.05) is 9.80 Å². The Morgan fingerprint density at radius 1 is 0.368 bits per heavy atom. The van der Waals surface area contributed by atoms with Gasteiger partial charge in [0.2, 0.25) is 0 Å². The van der Waals surface area contributed by atoms with Gasteiger partial charge in [-0.05, 0) is 166 Å². The highest BCUT2D eigenvalue weighted by Crippen LogP contribution is 2.60. The van der Waals surface area contributed by atoms with Crippen molar-refractivity contribution in [1.29, 1.82) is 0 Å². The van der Waals surface area contributed by atoms with E-state index in [4.69, 9.17) is 6.58 Å². The van der Waals surface area contributed by atoms with Crippen LogP contribution in [-0.4, -0.2) is 11.6 Å². The topological polar surface area (TPSA) is 40.6 Å². The molecular weight excluding hydrogens is 925 g/mol. The first kappa shape index (κ1) is 47.4. The zero-order valence-corrected chi connectivity index (χ0v) is 42.5. The molecule has 364 valence electrons. The molecule has 10 aromatic rings. The minimum Gasteiger partial charge on any atom is -0.311 e. The lowest BCUT2D eigenvalue weighted by atomic mass is 9.52. The Balaban J connectivity index is 1.15. The molecule has 4 nitrogen and oxygen atoms in total. The van der Waals surface area contributed by atoms with Gasteiger partial charge in [0.05, 0.1) is 10.8 Å². The third-order valence-corrected chi connectivity index (χ3v) is 15.3. The smallest absolute Gasteiger partial charge is 0.159 e. The number of carbonyl (C=O) groups is 2. The van der Waals surface area contributed by atoms with Crippen molar-refractivity contribution in [2.24, 2.45) is 0 Å². The Labute approximate surface area is 445 Å². The van der Waals surface area contributed by atoms with Crippen molar-refractivity contribution in [1.82, 2.24) is 0 Å². The fraction of sp³-hybridized carbons (Fsp3) is 0.0556. The van der Waals surface area contributed by atoms with E-state index in [2.05, 4.69) is 228 Å². The van der Waals surface area contributed by atoms with Gasteiger partial charge in [-0.3, -0.25) is 9.59 Å². The number of para-hydroxylation sites is 4. The number of fused-ring (bicyclic) bond motifs is 2. The molecule has 10 aromatic carbocycles. The third-order valence-electron chi connectivity index (χ3n) is 15.3. The zero-order valence-electron chi connectivity index (χ0n) is 42.5. The maximum absolute atomic E-state index is 13.0. The van der Waals surface area contributed by atoms with Crippen molar-refractivity contribution < 1.29 is 9.59 Å². The average Bonchev–Trinajstić information content (AvgIpc) is 3.68. The first-order valence-corrected chi connectivity index (χ1v) is 25.8. The molecule has 0 saturated carbocycles. The third kappa shape index (κ3) is 8.12. The number of ketones is 2. The maximum atomic E-state index is 13.0. The molecule has 0 fully saturated rings. The SMILES string of the molecule is C=C1/C=C(c2cccc(C(C)=O)c2)\C=C/C2(c3ccc(N(c4ccccc4)c4ccccc4)cc3)c3ccccc3C1(c1ccc(N(c3ccccc3)c3ccccc3)cc1)c1ccc(-c3cccc(C(C)=O)c3)cc12. The van der Waals surface area contributed by atoms with E-state index < -0.39 is 10.8 Å². The van der Waals surface area contributed by atoms with E-state index in [9.17, 15) is 9.59 Å². The molecule has 0 heterocycles. The van der Waals surface area contributed by atoms with E-state index in [1.165, 1.54) is 0 Å². The molecule has 3 aliphatic rings. The number of anilines is 6. The summed E-state index contributed by atoms with van der Waals surface area (Å²) in [5.74, 6) is 0.0177. The van der Waals surface area contributed by atoms with Gasteiger partial charge >= 0.3 is 0 Å². The molecule has 4 heteroatoms. The van der Waals surface area contributed by atoms with Crippen LogP contribution in [0.3, 0.4) is 0 Å². The van der Waals surface area contributed by atoms with Gasteiger partial charge in [0.25, 0.3) is 0 Å². The van der Waals surface area contributed by atoms with Gasteiger partial charge in [0.1, 0.15) is 0 Å². The number of nitrogens with zero attached hydrogens (tertiary/aromatic N) is 2. The van der Waals surface area contributed by atoms with Crippen LogP contribution in [0.1, 0.15) is 73.5 Å². The number of rotatable bonds is 12. The standard InChI is InChI=1S/C72H54N2O2/c1-50-46-58(56-23-19-21-54(48-56)52(3)76)44-45-71(59-35-39-65(40-36-59)73(61-24-8-4-9-25-61)62-26-10-5-11-27-62)67-32-16-17-33-68(67)72(50,69-43-34-57(49-70(69)71)55-22-18-20-53(47-55)51(2)75)60-37-41-66(42-38-60)74(63-28-12-6-13-29-63)64-30-14-7-15-31-64/h4-49H,1H2,2-3H3/b45-44-,58-46+. The van der Waals surface area contributed by atoms with E-state index in [1.54, 1.807) is 13.8 Å². The van der Waals surface area contributed by atoms with Crippen LogP contribution in [0.25, 0.3) is 16.7 Å². The average molecular weight is 979 g/mol. The van der Waals surface area contributed by atoms with Gasteiger partial charge < -0.3 is 9.80 Å². The van der Waals surface area contributed by atoms with Crippen LogP contribution in [0.5, 0.6) is 0 Å². The van der Waals surface area contributed by atoms with Crippen molar-refractivity contribution in [3.63, 3.8) is 0 Å². The van der Waals surface area contributed by atoms with Crippen LogP contribution in [0.4, 0.5) is 34.1 Å². The number of carbonyl (C=O) groups excluding carboxylic acids is 2. The van der Waals surface area contributed by atoms with Crippen molar-refractivity contribution >= 4 is 51.3 Å². The van der Waals surface area contributed by atoms with Gasteiger partial charge in [-0.2, -0.15) is 0 Å². The van der Waals surface area contributed by atoms with Gasteiger partial charge in [0, 0.05) is 45.3 Å². The molecule has 0 aromatic heterocycles. The van der Waals surface area contributed by atoms with Crippen LogP contribution in [0, 0.1) is 0 Å². The van der Waals surface area contributed by atoms with E-state index in [1.807, 2.05) is 60.7 Å². The van der Waals surface area contributed by atoms with E-state index in [0.29, 0.717) is 11.1 Å². The molecule has 0 saturated heterocycles. The normalized spacial score (nSPS) is 17.4. The zero-order chi connectivity index (χ0) is 51.8. The summed E-state index contributed by atoms with van der Waals surface area (Å²) in [6, 6.07) is 91.7. The van der Waals surface area contributed by atoms with Crippen molar-refractivity contribution in [3.05, 3.63) is 341 Å². The lowest BCUT2D eigenvalue weighted by molar-refractivity contribution is 0.100. The monoisotopic (exact) mass is 978 g/mol. The summed E-state index contributed by atoms with van der Waals surface area (Å²) in [5.41, 5.74) is 17.0. The van der Waals surface area contributed by atoms with Crippen LogP contribution in [0.2, 0.25) is 0 Å². The van der Waals surface area contributed by atoms with Crippen LogP contribution >= 0.6 is 0 Å². The molecule has 2 atom stereocenters. The maximum Gasteiger partial charge on any atom is 0.159 e. The largest absolute Gasteiger partial charge is 0.311 e. The lowest BCUT2D eigenvalue weighted by Crippen LogP contribution is -2.44. The highest BCUT2D eigenvalue weighted by molar-refractivity contribution is 5.97. The van der Waals surface area contributed by atoms with E-state index in [0.717, 1.165) is 95.3 Å². The summed E-state index contributed by atoms with van der Waals surface area (Å²) in [6.07, 6.45) is 6.85. The van der Waals surface area contributed by atoms with E-state index >= 15 is 0 Å². The van der Waals surface area contributed by atoms with Crippen LogP contribution < -0.4 is 9.80 Å². The van der Waals surface area contributed by atoms with Crippen LogP contribution in [-0.2, 0) is 10.8 Å². The van der Waals surface area contributed by atoms with Gasteiger partial charge in [-0.15, -0.1) is 0 Å². The lowest BCUT2D eigenvalue weighted by Gasteiger charge is -2.49. The molecule has 3 aliphatic carbocycles. The fourth-order valence-electron chi connectivity index (χ4n) is 11.8. The van der Waals surface area contributed by atoms with Gasteiger partial charge in [-0.1, -0.05) is 195 Å². The van der Waals surface area contributed by atoms with Crippen molar-refractivity contribution in [3.8, 4) is 11.1 Å². The van der Waals surface area contributed by atoms with E-state index in [-0.39, 0.29) is 11.6 Å². The predicted molar refractivity (Wildman–Crippen MR) is 313 cm³/mol. The molecule has 0 aliphatic heterocycles. The molecule has 2 bridgehead atoms. The Hall–Kier alpha value is -9.64. The summed E-state index contributed by atoms with van der Waals surface area (Å²) >= 11 is 0. The number of allylic oxidation sites excluding steroid dienone is 5. The quantitative estimate of drug-likeness (QED) is 0.114. The summed E-state index contributed by atoms with van der Waals surface area (Å²) in [5, 5.41) is 0. The number of hydrogen-bond donors (Lipinski definition) is 0. The second-order valence-corrected chi connectivity index (χ2v) is 19.7. The Kier molecular flexibility index (Phi) is 12.3. The summed E-state index contributed by atoms with van der Waals surface area (Å²) in [4.78, 5) is 30.6. The van der Waals surface area contributed by atoms with Crippen LogP contribution in [0.15, 0.2) is 291 Å². The number of hydrogen-bond acceptors (Lipinski definition) is 4. The molecular formula is C72H54N2O2. The Bertz CT molecular complexity index is 3800. The molecule has 13 rings (SSSR count). The van der Waals surface area contributed by atoms with Gasteiger partial charge in [-0.25, -0.2) is 0 Å². The summed E-state index contributed by atoms with van der Waals surface area (Å²) in [7, 11) is 0. The molecule has 76 heavy (non-hydrogen) atoms. The summed E-state index contributed by atoms with van der Waals surface area (Å²) in [6.45, 7) is 8.37. The minimum atomic E-state index is -0.926. The Morgan fingerprint density at radius 3 is 1.28 bits per heavy atom. The predicted octanol–water partition coefficient (Wildman–Crippen LogP) is 17.9. The Morgan fingerprint density at radius 2 is 0.776 bits per heavy atom. The number of benzene rings is 10.